The lowest BCUT2D eigenvalue weighted by molar-refractivity contribution is -0.347. The number of fused-ring (bicyclic) bond motifs is 3. The Morgan fingerprint density at radius 3 is 2.20 bits per heavy atom. The Hall–Kier alpha value is -3.49. The van der Waals surface area contributed by atoms with Crippen molar-refractivity contribution < 1.29 is 82.5 Å². The van der Waals surface area contributed by atoms with Gasteiger partial charge in [-0.1, -0.05) is 30.3 Å². The van der Waals surface area contributed by atoms with Crippen molar-refractivity contribution in [3.63, 3.8) is 0 Å². The van der Waals surface area contributed by atoms with Gasteiger partial charge in [-0.15, -0.1) is 0 Å². The van der Waals surface area contributed by atoms with Crippen LogP contribution in [0.3, 0.4) is 0 Å². The number of aliphatic hydroxyl groups is 5. The van der Waals surface area contributed by atoms with Crippen molar-refractivity contribution in [2.75, 3.05) is 13.2 Å². The fourth-order valence-corrected chi connectivity index (χ4v) is 7.25. The van der Waals surface area contributed by atoms with Crippen LogP contribution < -0.4 is 0 Å². The molecular formula is C34H42O17. The summed E-state index contributed by atoms with van der Waals surface area (Å²) in [5, 5.41) is 51.2. The van der Waals surface area contributed by atoms with Crippen LogP contribution in [-0.2, 0) is 57.0 Å². The summed E-state index contributed by atoms with van der Waals surface area (Å²) in [7, 11) is 0. The molecule has 0 amide bonds. The molecule has 4 heterocycles. The number of benzene rings is 1. The van der Waals surface area contributed by atoms with E-state index in [-0.39, 0.29) is 0 Å². The summed E-state index contributed by atoms with van der Waals surface area (Å²) in [5.74, 6) is -3.70. The first-order valence-electron chi connectivity index (χ1n) is 16.5. The molecule has 1 aromatic carbocycles. The van der Waals surface area contributed by atoms with Gasteiger partial charge >= 0.3 is 17.9 Å². The minimum absolute atomic E-state index is 0.510. The highest BCUT2D eigenvalue weighted by Crippen LogP contribution is 2.61. The molecule has 0 bridgehead atoms. The minimum atomic E-state index is -1.72. The number of ether oxygens (including phenoxy) is 9. The van der Waals surface area contributed by atoms with Gasteiger partial charge in [-0.25, -0.2) is 4.79 Å². The summed E-state index contributed by atoms with van der Waals surface area (Å²) in [6.07, 6.45) is -11.4. The summed E-state index contributed by atoms with van der Waals surface area (Å²) >= 11 is 0. The van der Waals surface area contributed by atoms with Gasteiger partial charge in [-0.2, -0.15) is 0 Å². The van der Waals surface area contributed by atoms with E-state index >= 15 is 0 Å². The van der Waals surface area contributed by atoms with E-state index in [1.807, 2.05) is 6.07 Å². The van der Waals surface area contributed by atoms with Gasteiger partial charge in [0.25, 0.3) is 0 Å². The van der Waals surface area contributed by atoms with Gasteiger partial charge in [0.05, 0.1) is 37.6 Å². The zero-order valence-electron chi connectivity index (χ0n) is 27.9. The second kappa shape index (κ2) is 15.2. The van der Waals surface area contributed by atoms with Crippen LogP contribution in [-0.4, -0.2) is 142 Å². The molecule has 51 heavy (non-hydrogen) atoms. The lowest BCUT2D eigenvalue weighted by Crippen LogP contribution is -2.62. The molecule has 1 aliphatic carbocycles. The van der Waals surface area contributed by atoms with Gasteiger partial charge in [0.2, 0.25) is 6.29 Å². The van der Waals surface area contributed by atoms with Gasteiger partial charge in [0, 0.05) is 25.8 Å². The predicted octanol–water partition coefficient (Wildman–Crippen LogP) is -1.33. The van der Waals surface area contributed by atoms with Crippen LogP contribution in [0.25, 0.3) is 6.08 Å². The number of hydrogen-bond donors (Lipinski definition) is 5. The number of carbonyl (C=O) groups is 3. The van der Waals surface area contributed by atoms with E-state index in [9.17, 15) is 39.9 Å². The lowest BCUT2D eigenvalue weighted by atomic mass is 9.85. The fourth-order valence-electron chi connectivity index (χ4n) is 7.25. The minimum Gasteiger partial charge on any atom is -0.472 e. The molecule has 6 rings (SSSR count). The zero-order valence-corrected chi connectivity index (χ0v) is 27.9. The van der Waals surface area contributed by atoms with Crippen LogP contribution in [0.5, 0.6) is 0 Å². The Bertz CT molecular complexity index is 1470. The van der Waals surface area contributed by atoms with Crippen molar-refractivity contribution in [2.45, 2.75) is 106 Å². The number of esters is 3. The molecule has 3 saturated heterocycles. The molecule has 0 radical (unpaired) electrons. The highest BCUT2D eigenvalue weighted by Gasteiger charge is 2.77. The van der Waals surface area contributed by atoms with Crippen LogP contribution in [0.1, 0.15) is 26.3 Å². The maximum absolute atomic E-state index is 12.9. The van der Waals surface area contributed by atoms with Gasteiger partial charge in [0.1, 0.15) is 36.1 Å². The van der Waals surface area contributed by atoms with E-state index in [1.54, 1.807) is 43.3 Å². The third-order valence-electron chi connectivity index (χ3n) is 9.68. The van der Waals surface area contributed by atoms with E-state index in [0.717, 1.165) is 19.4 Å². The van der Waals surface area contributed by atoms with E-state index < -0.39 is 128 Å². The average molecular weight is 723 g/mol. The first-order valence-corrected chi connectivity index (χ1v) is 16.5. The molecule has 17 heteroatoms. The Morgan fingerprint density at radius 2 is 1.53 bits per heavy atom. The Kier molecular flexibility index (Phi) is 11.1. The normalized spacial score (nSPS) is 42.7. The summed E-state index contributed by atoms with van der Waals surface area (Å²) < 4.78 is 52.6. The molecule has 280 valence electrons. The van der Waals surface area contributed by atoms with Crippen molar-refractivity contribution >= 4 is 24.0 Å². The molecule has 0 spiro atoms. The molecule has 5 N–H and O–H groups in total. The van der Waals surface area contributed by atoms with Crippen LogP contribution in [0, 0.1) is 11.8 Å². The summed E-state index contributed by atoms with van der Waals surface area (Å²) in [6.45, 7) is 2.67. The molecule has 17 nitrogen and oxygen atoms in total. The highest BCUT2D eigenvalue weighted by atomic mass is 16.8. The second-order valence-electron chi connectivity index (χ2n) is 13.0. The third kappa shape index (κ3) is 7.41. The molecule has 0 aromatic heterocycles. The van der Waals surface area contributed by atoms with E-state index in [2.05, 4.69) is 0 Å². The predicted molar refractivity (Wildman–Crippen MR) is 166 cm³/mol. The first-order chi connectivity index (χ1) is 24.4. The smallest absolute Gasteiger partial charge is 0.331 e. The number of hydrogen-bond acceptors (Lipinski definition) is 17. The standard InChI is InChI=1S/C34H42O17/c1-15-26(48-21(39)10-9-18-7-5-4-6-8-18)28(45-16(2)37)29(46-17(3)38)33(44-15)49-27-19-11-12-43-31(22(19)34(14-36)30(27)51-34)50-32-25(42)24(41)23(40)20(13-35)47-32/h4-12,15,19-20,22-33,35-36,40-42H,13-14H2,1-3H3/b10-9+/t15-,19+,20+,22+,23+,24-,25+,26-,27-,28+,29+,30-,31-,32-,33-,34+/m0/s1. The number of carbonyl (C=O) groups excluding carboxylic acids is 3. The van der Waals surface area contributed by atoms with Crippen LogP contribution >= 0.6 is 0 Å². The monoisotopic (exact) mass is 722 g/mol. The van der Waals surface area contributed by atoms with Crippen molar-refractivity contribution in [1.82, 2.24) is 0 Å². The van der Waals surface area contributed by atoms with Gasteiger partial charge in [-0.3, -0.25) is 9.59 Å². The van der Waals surface area contributed by atoms with Crippen LogP contribution in [0.15, 0.2) is 48.7 Å². The van der Waals surface area contributed by atoms with Crippen LogP contribution in [0.2, 0.25) is 0 Å². The maximum atomic E-state index is 12.9. The molecule has 5 aliphatic rings. The quantitative estimate of drug-likeness (QED) is 0.0769. The summed E-state index contributed by atoms with van der Waals surface area (Å²) in [5.41, 5.74) is -0.529. The third-order valence-corrected chi connectivity index (χ3v) is 9.68. The van der Waals surface area contributed by atoms with E-state index in [1.165, 1.54) is 12.3 Å². The number of aliphatic hydroxyl groups excluding tert-OH is 5. The molecule has 4 aliphatic heterocycles. The molecular weight excluding hydrogens is 680 g/mol. The molecule has 1 saturated carbocycles. The van der Waals surface area contributed by atoms with Crippen molar-refractivity contribution in [3.8, 4) is 0 Å². The molecule has 4 fully saturated rings. The second-order valence-corrected chi connectivity index (χ2v) is 13.0. The molecule has 16 atom stereocenters. The van der Waals surface area contributed by atoms with E-state index in [0.29, 0.717) is 0 Å². The number of epoxide rings is 1. The van der Waals surface area contributed by atoms with Gasteiger partial charge in [-0.05, 0) is 24.6 Å². The Labute approximate surface area is 292 Å². The fraction of sp³-hybridized carbons (Fsp3) is 0.618. The highest BCUT2D eigenvalue weighted by molar-refractivity contribution is 5.87. The van der Waals surface area contributed by atoms with Gasteiger partial charge < -0.3 is 68.2 Å². The summed E-state index contributed by atoms with van der Waals surface area (Å²) in [6, 6.07) is 9.01. The number of rotatable bonds is 11. The van der Waals surface area contributed by atoms with Crippen LogP contribution in [0.4, 0.5) is 0 Å². The summed E-state index contributed by atoms with van der Waals surface area (Å²) in [4.78, 5) is 37.6. The maximum Gasteiger partial charge on any atom is 0.331 e. The van der Waals surface area contributed by atoms with Gasteiger partial charge in [0.15, 0.2) is 30.9 Å². The lowest BCUT2D eigenvalue weighted by Gasteiger charge is -2.45. The topological polar surface area (TPSA) is 239 Å². The molecule has 1 aromatic rings. The molecule has 0 unspecified atom stereocenters. The van der Waals surface area contributed by atoms with E-state index in [4.69, 9.17) is 42.6 Å². The first kappa shape index (κ1) is 37.3. The average Bonchev–Trinajstić information content (AvgIpc) is 3.78. The Balaban J connectivity index is 1.22. The van der Waals surface area contributed by atoms with Crippen molar-refractivity contribution in [2.24, 2.45) is 11.8 Å². The van der Waals surface area contributed by atoms with Crippen molar-refractivity contribution in [1.29, 1.82) is 0 Å². The largest absolute Gasteiger partial charge is 0.472 e. The van der Waals surface area contributed by atoms with Crippen molar-refractivity contribution in [3.05, 3.63) is 54.3 Å². The zero-order chi connectivity index (χ0) is 36.6. The Morgan fingerprint density at radius 1 is 0.824 bits per heavy atom. The SMILES string of the molecule is CC(=O)O[C@@H]1[C@@H](OC(=O)/C=C/c2ccccc2)[C@H](C)O[C@@H](O[C@H]2[C@@H]3C=CO[C@@H](O[C@@H]4O[C@H](CO)[C@@H](O)[C@H](O)[C@H]4O)[C@@H]3[C@@]3(CO)O[C@@H]23)[C@@H]1OC(C)=O.